The third-order valence-corrected chi connectivity index (χ3v) is 5.62. The first-order chi connectivity index (χ1) is 13.5. The molecule has 0 atom stereocenters. The molecule has 1 aromatic carbocycles. The van der Waals surface area contributed by atoms with Crippen LogP contribution in [-0.4, -0.2) is 35.6 Å². The van der Waals surface area contributed by atoms with E-state index in [4.69, 9.17) is 4.74 Å². The van der Waals surface area contributed by atoms with Crippen LogP contribution in [0.1, 0.15) is 57.8 Å². The van der Waals surface area contributed by atoms with Gasteiger partial charge < -0.3 is 15.4 Å². The third-order valence-electron chi connectivity index (χ3n) is 5.62. The summed E-state index contributed by atoms with van der Waals surface area (Å²) in [5.41, 5.74) is -0.309. The number of para-hydroxylation sites is 1. The highest BCUT2D eigenvalue weighted by atomic mass is 19.1. The molecule has 8 heteroatoms. The number of anilines is 1. The van der Waals surface area contributed by atoms with Gasteiger partial charge in [-0.05, 0) is 50.7 Å². The molecule has 2 fully saturated rings. The lowest BCUT2D eigenvalue weighted by atomic mass is 9.91. The van der Waals surface area contributed by atoms with Crippen LogP contribution in [0.4, 0.5) is 15.8 Å². The van der Waals surface area contributed by atoms with Gasteiger partial charge in [0.05, 0.1) is 11.0 Å². The van der Waals surface area contributed by atoms with Gasteiger partial charge in [0.25, 0.3) is 0 Å². The molecule has 2 N–H and O–H groups in total. The van der Waals surface area contributed by atoms with Crippen LogP contribution in [0.5, 0.6) is 0 Å². The molecular formula is C20H28FN3O4. The molecule has 28 heavy (non-hydrogen) atoms. The second-order valence-corrected chi connectivity index (χ2v) is 7.72. The summed E-state index contributed by atoms with van der Waals surface area (Å²) in [7, 11) is 0. The second kappa shape index (κ2) is 9.82. The smallest absolute Gasteiger partial charge is 0.327 e. The predicted octanol–water partition coefficient (Wildman–Crippen LogP) is 3.92. The molecule has 3 rings (SSSR count). The highest BCUT2D eigenvalue weighted by Gasteiger charge is 2.26. The summed E-state index contributed by atoms with van der Waals surface area (Å²) in [5, 5.41) is 17.2. The zero-order valence-corrected chi connectivity index (χ0v) is 16.0. The Morgan fingerprint density at radius 2 is 1.79 bits per heavy atom. The average Bonchev–Trinajstić information content (AvgIpc) is 2.68. The average molecular weight is 393 g/mol. The maximum Gasteiger partial charge on any atom is 0.327 e. The molecule has 0 radical (unpaired) electrons. The van der Waals surface area contributed by atoms with Gasteiger partial charge in [-0.1, -0.05) is 25.3 Å². The van der Waals surface area contributed by atoms with Crippen LogP contribution in [-0.2, 0) is 9.53 Å². The van der Waals surface area contributed by atoms with Gasteiger partial charge >= 0.3 is 5.69 Å². The van der Waals surface area contributed by atoms with Gasteiger partial charge in [0.2, 0.25) is 11.7 Å². The zero-order valence-electron chi connectivity index (χ0n) is 16.0. The van der Waals surface area contributed by atoms with Crippen LogP contribution >= 0.6 is 0 Å². The van der Waals surface area contributed by atoms with Crippen molar-refractivity contribution in [1.29, 1.82) is 0 Å². The van der Waals surface area contributed by atoms with Gasteiger partial charge in [-0.15, -0.1) is 0 Å². The number of amides is 1. The number of benzene rings is 1. The maximum absolute atomic E-state index is 13.7. The number of hydrogen-bond acceptors (Lipinski definition) is 5. The van der Waals surface area contributed by atoms with E-state index in [0.717, 1.165) is 44.6 Å². The second-order valence-electron chi connectivity index (χ2n) is 7.72. The first kappa shape index (κ1) is 20.5. The molecule has 0 aromatic heterocycles. The van der Waals surface area contributed by atoms with Gasteiger partial charge in [0, 0.05) is 12.1 Å². The van der Waals surface area contributed by atoms with Crippen LogP contribution in [0, 0.1) is 15.9 Å². The van der Waals surface area contributed by atoms with Gasteiger partial charge in [0.15, 0.2) is 0 Å². The first-order valence-corrected chi connectivity index (χ1v) is 10.1. The summed E-state index contributed by atoms with van der Waals surface area (Å²) in [6, 6.07) is 4.18. The largest absolute Gasteiger partial charge is 0.377 e. The van der Waals surface area contributed by atoms with Crippen molar-refractivity contribution in [3.63, 3.8) is 0 Å². The lowest BCUT2D eigenvalue weighted by Crippen LogP contribution is -2.42. The fourth-order valence-corrected chi connectivity index (χ4v) is 4.11. The van der Waals surface area contributed by atoms with Gasteiger partial charge in [-0.2, -0.15) is 4.39 Å². The molecule has 7 nitrogen and oxygen atoms in total. The Bertz CT molecular complexity index is 686. The van der Waals surface area contributed by atoms with Crippen LogP contribution in [0.3, 0.4) is 0 Å². The fourth-order valence-electron chi connectivity index (χ4n) is 4.11. The number of hydrogen-bond donors (Lipinski definition) is 2. The van der Waals surface area contributed by atoms with E-state index in [1.54, 1.807) is 0 Å². The van der Waals surface area contributed by atoms with E-state index in [-0.39, 0.29) is 36.4 Å². The number of carbonyl (C=O) groups is 1. The van der Waals surface area contributed by atoms with Crippen LogP contribution in [0.15, 0.2) is 18.2 Å². The normalized spacial score (nSPS) is 23.2. The molecule has 2 aliphatic rings. The number of ether oxygens (including phenoxy) is 1. The monoisotopic (exact) mass is 393 g/mol. The minimum atomic E-state index is -0.839. The lowest BCUT2D eigenvalue weighted by molar-refractivity contribution is -0.386. The van der Waals surface area contributed by atoms with Crippen LogP contribution in [0.25, 0.3) is 0 Å². The van der Waals surface area contributed by atoms with E-state index in [0.29, 0.717) is 0 Å². The van der Waals surface area contributed by atoms with Crippen LogP contribution < -0.4 is 10.6 Å². The molecule has 1 aromatic rings. The molecule has 1 amide bonds. The summed E-state index contributed by atoms with van der Waals surface area (Å²) in [4.78, 5) is 22.5. The molecule has 0 unspecified atom stereocenters. The van der Waals surface area contributed by atoms with Crippen molar-refractivity contribution in [3.8, 4) is 0 Å². The number of nitrogens with zero attached hydrogens (tertiary/aromatic N) is 1. The number of nitro benzene ring substituents is 1. The summed E-state index contributed by atoms with van der Waals surface area (Å²) >= 11 is 0. The van der Waals surface area contributed by atoms with Crippen molar-refractivity contribution in [3.05, 3.63) is 34.1 Å². The molecule has 0 aliphatic heterocycles. The Kier molecular flexibility index (Phi) is 7.19. The highest BCUT2D eigenvalue weighted by Crippen LogP contribution is 2.30. The topological polar surface area (TPSA) is 93.5 Å². The minimum absolute atomic E-state index is 0.0205. The molecule has 0 spiro atoms. The molecule has 0 heterocycles. The highest BCUT2D eigenvalue weighted by molar-refractivity contribution is 5.77. The number of carbonyl (C=O) groups excluding carboxylic acids is 1. The molecule has 2 aliphatic carbocycles. The SMILES string of the molecule is O=C(COC1CCCCC1)NC1CCC(Nc2cccc(F)c2[N+](=O)[O-])CC1. The van der Waals surface area contributed by atoms with E-state index < -0.39 is 16.4 Å². The van der Waals surface area contributed by atoms with E-state index >= 15 is 0 Å². The van der Waals surface area contributed by atoms with E-state index in [1.165, 1.54) is 31.4 Å². The maximum atomic E-state index is 13.7. The standard InChI is InChI=1S/C20H28FN3O4/c21-17-7-4-8-18(20(17)24(26)27)22-14-9-11-15(12-10-14)23-19(25)13-28-16-5-2-1-3-6-16/h4,7-8,14-16,22H,1-3,5-6,9-13H2,(H,23,25). The molecule has 0 bridgehead atoms. The number of rotatable bonds is 7. The minimum Gasteiger partial charge on any atom is -0.377 e. The van der Waals surface area contributed by atoms with Crippen molar-refractivity contribution in [1.82, 2.24) is 5.32 Å². The van der Waals surface area contributed by atoms with Crippen molar-refractivity contribution in [2.24, 2.45) is 0 Å². The quantitative estimate of drug-likeness (QED) is 0.541. The first-order valence-electron chi connectivity index (χ1n) is 10.1. The Morgan fingerprint density at radius 1 is 1.11 bits per heavy atom. The number of nitro groups is 1. The van der Waals surface area contributed by atoms with E-state index in [9.17, 15) is 19.3 Å². The van der Waals surface area contributed by atoms with Crippen LogP contribution in [0.2, 0.25) is 0 Å². The molecular weight excluding hydrogens is 365 g/mol. The summed E-state index contributed by atoms with van der Waals surface area (Å²) in [5.74, 6) is -0.920. The van der Waals surface area contributed by atoms with Crippen molar-refractivity contribution in [2.45, 2.75) is 76.0 Å². The van der Waals surface area contributed by atoms with Crippen molar-refractivity contribution < 1.29 is 18.8 Å². The Labute approximate surface area is 164 Å². The number of halogens is 1. The molecule has 0 saturated heterocycles. The summed E-state index contributed by atoms with van der Waals surface area (Å²) in [6.07, 6.45) is 8.94. The zero-order chi connectivity index (χ0) is 19.9. The summed E-state index contributed by atoms with van der Waals surface area (Å²) in [6.45, 7) is 0.109. The fraction of sp³-hybridized carbons (Fsp3) is 0.650. The van der Waals surface area contributed by atoms with Gasteiger partial charge in [-0.3, -0.25) is 14.9 Å². The lowest BCUT2D eigenvalue weighted by Gasteiger charge is -2.30. The van der Waals surface area contributed by atoms with Gasteiger partial charge in [-0.25, -0.2) is 0 Å². The van der Waals surface area contributed by atoms with E-state index in [1.807, 2.05) is 0 Å². The molecule has 154 valence electrons. The molecule has 2 saturated carbocycles. The Balaban J connectivity index is 1.41. The third kappa shape index (κ3) is 5.64. The van der Waals surface area contributed by atoms with Gasteiger partial charge in [0.1, 0.15) is 12.3 Å². The summed E-state index contributed by atoms with van der Waals surface area (Å²) < 4.78 is 19.4. The van der Waals surface area contributed by atoms with E-state index in [2.05, 4.69) is 10.6 Å². The predicted molar refractivity (Wildman–Crippen MR) is 104 cm³/mol. The Morgan fingerprint density at radius 3 is 2.46 bits per heavy atom. The Hall–Kier alpha value is -2.22. The number of nitrogens with one attached hydrogen (secondary N) is 2. The van der Waals surface area contributed by atoms with Crippen molar-refractivity contribution >= 4 is 17.3 Å². The van der Waals surface area contributed by atoms with Crippen molar-refractivity contribution in [2.75, 3.05) is 11.9 Å².